The van der Waals surface area contributed by atoms with Gasteiger partial charge in [-0.15, -0.1) is 0 Å². The van der Waals surface area contributed by atoms with Gasteiger partial charge in [-0.1, -0.05) is 24.3 Å². The molecule has 0 bridgehead atoms. The summed E-state index contributed by atoms with van der Waals surface area (Å²) in [6.07, 6.45) is 2.69. The van der Waals surface area contributed by atoms with Crippen LogP contribution < -0.4 is 0 Å². The van der Waals surface area contributed by atoms with Crippen LogP contribution in [0.4, 0.5) is 8.78 Å². The zero-order chi connectivity index (χ0) is 20.1. The molecule has 0 amide bonds. The maximum Gasteiger partial charge on any atom is 0.166 e. The molecule has 29 heavy (non-hydrogen) atoms. The lowest BCUT2D eigenvalue weighted by atomic mass is 9.82. The normalized spacial score (nSPS) is 16.2. The summed E-state index contributed by atoms with van der Waals surface area (Å²) in [6, 6.07) is 12.5. The third-order valence-electron chi connectivity index (χ3n) is 5.51. The fraction of sp³-hybridized carbons (Fsp3) is 0.174. The zero-order valence-corrected chi connectivity index (χ0v) is 15.7. The van der Waals surface area contributed by atoms with Crippen LogP contribution in [-0.2, 0) is 6.42 Å². The molecule has 6 heteroatoms. The summed E-state index contributed by atoms with van der Waals surface area (Å²) in [6.45, 7) is 1.87. The summed E-state index contributed by atoms with van der Waals surface area (Å²) < 4.78 is 28.2. The Balaban J connectivity index is 1.62. The van der Waals surface area contributed by atoms with Gasteiger partial charge in [-0.25, -0.2) is 18.3 Å². The predicted octanol–water partition coefficient (Wildman–Crippen LogP) is 4.90. The molecule has 1 aliphatic rings. The number of aromatic nitrogens is 3. The van der Waals surface area contributed by atoms with Crippen LogP contribution in [0.25, 0.3) is 16.8 Å². The highest BCUT2D eigenvalue weighted by Gasteiger charge is 2.29. The average molecular weight is 389 g/mol. The van der Waals surface area contributed by atoms with Crippen LogP contribution >= 0.6 is 0 Å². The summed E-state index contributed by atoms with van der Waals surface area (Å²) in [5, 5.41) is 4.51. The fourth-order valence-electron chi connectivity index (χ4n) is 4.07. The lowest BCUT2D eigenvalue weighted by Crippen LogP contribution is -2.21. The van der Waals surface area contributed by atoms with Crippen molar-refractivity contribution in [2.24, 2.45) is 0 Å². The summed E-state index contributed by atoms with van der Waals surface area (Å²) in [5.74, 6) is -0.633. The molecule has 0 spiro atoms. The molecule has 0 saturated carbocycles. The third kappa shape index (κ3) is 3.01. The smallest absolute Gasteiger partial charge is 0.166 e. The molecule has 2 aromatic heterocycles. The standard InChI is InChI=1S/C23H17F2N3O/c1-13-22(15-4-8-18(25)9-5-15)23-26-20-10-16(14-2-6-17(24)7-3-14)11-21(29)19(20)12-28(23)27-13/h2-9,12,16H,10-11H2,1H3. The molecule has 4 nitrogen and oxygen atoms in total. The highest BCUT2D eigenvalue weighted by molar-refractivity contribution is 5.99. The van der Waals surface area contributed by atoms with Crippen molar-refractivity contribution in [2.75, 3.05) is 0 Å². The van der Waals surface area contributed by atoms with E-state index in [1.807, 2.05) is 6.92 Å². The van der Waals surface area contributed by atoms with Gasteiger partial charge in [-0.3, -0.25) is 4.79 Å². The molecule has 0 N–H and O–H groups in total. The van der Waals surface area contributed by atoms with Gasteiger partial charge in [-0.2, -0.15) is 5.10 Å². The number of aryl methyl sites for hydroxylation is 1. The SMILES string of the molecule is Cc1nn2cc3c(nc2c1-c1ccc(F)cc1)CC(c1ccc(F)cc1)CC3=O. The molecule has 5 rings (SSSR count). The number of carbonyl (C=O) groups excluding carboxylic acids is 1. The van der Waals surface area contributed by atoms with E-state index in [4.69, 9.17) is 4.98 Å². The first kappa shape index (κ1) is 17.7. The van der Waals surface area contributed by atoms with Gasteiger partial charge in [0.05, 0.1) is 17.0 Å². The number of hydrogen-bond donors (Lipinski definition) is 0. The molecular formula is C23H17F2N3O. The van der Waals surface area contributed by atoms with E-state index < -0.39 is 0 Å². The maximum absolute atomic E-state index is 13.3. The number of rotatable bonds is 2. The molecule has 0 aliphatic heterocycles. The summed E-state index contributed by atoms with van der Waals surface area (Å²) >= 11 is 0. The van der Waals surface area contributed by atoms with Gasteiger partial charge in [-0.05, 0) is 54.7 Å². The topological polar surface area (TPSA) is 47.3 Å². The van der Waals surface area contributed by atoms with Gasteiger partial charge in [0.25, 0.3) is 0 Å². The Kier molecular flexibility index (Phi) is 4.01. The van der Waals surface area contributed by atoms with Gasteiger partial charge in [0, 0.05) is 18.2 Å². The highest BCUT2D eigenvalue weighted by Crippen LogP contribution is 2.34. The molecular weight excluding hydrogens is 372 g/mol. The lowest BCUT2D eigenvalue weighted by Gasteiger charge is -2.23. The van der Waals surface area contributed by atoms with Gasteiger partial charge in [0.15, 0.2) is 11.4 Å². The Morgan fingerprint density at radius 1 is 0.966 bits per heavy atom. The van der Waals surface area contributed by atoms with Crippen molar-refractivity contribution in [3.63, 3.8) is 0 Å². The Labute approximate surface area is 165 Å². The molecule has 0 radical (unpaired) electrons. The number of ketones is 1. The van der Waals surface area contributed by atoms with E-state index in [1.54, 1.807) is 35.0 Å². The third-order valence-corrected chi connectivity index (χ3v) is 5.51. The van der Waals surface area contributed by atoms with E-state index in [0.29, 0.717) is 29.7 Å². The number of halogens is 2. The predicted molar refractivity (Wildman–Crippen MR) is 105 cm³/mol. The summed E-state index contributed by atoms with van der Waals surface area (Å²) in [5.41, 5.74) is 5.26. The zero-order valence-electron chi connectivity index (χ0n) is 15.7. The van der Waals surface area contributed by atoms with Crippen LogP contribution in [0, 0.1) is 18.6 Å². The first-order valence-electron chi connectivity index (χ1n) is 9.43. The number of carbonyl (C=O) groups is 1. The largest absolute Gasteiger partial charge is 0.294 e. The second-order valence-electron chi connectivity index (χ2n) is 7.42. The minimum Gasteiger partial charge on any atom is -0.294 e. The fourth-order valence-corrected chi connectivity index (χ4v) is 4.07. The van der Waals surface area contributed by atoms with Crippen LogP contribution in [0.15, 0.2) is 54.7 Å². The molecule has 1 aliphatic carbocycles. The van der Waals surface area contributed by atoms with Crippen molar-refractivity contribution in [3.8, 4) is 11.1 Å². The van der Waals surface area contributed by atoms with Crippen molar-refractivity contribution in [1.82, 2.24) is 14.6 Å². The summed E-state index contributed by atoms with van der Waals surface area (Å²) in [7, 11) is 0. The van der Waals surface area contributed by atoms with Crippen LogP contribution in [0.2, 0.25) is 0 Å². The van der Waals surface area contributed by atoms with Gasteiger partial charge >= 0.3 is 0 Å². The molecule has 1 atom stereocenters. The van der Waals surface area contributed by atoms with Crippen molar-refractivity contribution in [1.29, 1.82) is 0 Å². The Morgan fingerprint density at radius 3 is 2.31 bits per heavy atom. The second-order valence-corrected chi connectivity index (χ2v) is 7.42. The molecule has 1 unspecified atom stereocenters. The first-order chi connectivity index (χ1) is 14.0. The van der Waals surface area contributed by atoms with Crippen LogP contribution in [0.3, 0.4) is 0 Å². The van der Waals surface area contributed by atoms with E-state index in [2.05, 4.69) is 5.10 Å². The summed E-state index contributed by atoms with van der Waals surface area (Å²) in [4.78, 5) is 17.6. The molecule has 2 heterocycles. The minimum absolute atomic E-state index is 0.00598. The molecule has 144 valence electrons. The molecule has 2 aromatic carbocycles. The average Bonchev–Trinajstić information content (AvgIpc) is 3.02. The van der Waals surface area contributed by atoms with Crippen molar-refractivity contribution in [2.45, 2.75) is 25.7 Å². The monoisotopic (exact) mass is 389 g/mol. The van der Waals surface area contributed by atoms with Gasteiger partial charge in [0.2, 0.25) is 0 Å². The number of nitrogens with zero attached hydrogens (tertiary/aromatic N) is 3. The number of benzene rings is 2. The Morgan fingerprint density at radius 2 is 1.62 bits per heavy atom. The van der Waals surface area contributed by atoms with Crippen molar-refractivity contribution in [3.05, 3.63) is 88.9 Å². The second kappa shape index (κ2) is 6.58. The number of Topliss-reactive ketones (excluding diaryl/α,β-unsaturated/α-hetero) is 1. The minimum atomic E-state index is -0.305. The maximum atomic E-state index is 13.3. The van der Waals surface area contributed by atoms with Crippen LogP contribution in [-0.4, -0.2) is 20.4 Å². The number of hydrogen-bond acceptors (Lipinski definition) is 3. The quantitative estimate of drug-likeness (QED) is 0.490. The van der Waals surface area contributed by atoms with E-state index >= 15 is 0 Å². The van der Waals surface area contributed by atoms with Gasteiger partial charge < -0.3 is 0 Å². The number of fused-ring (bicyclic) bond motifs is 2. The molecule has 0 saturated heterocycles. The Hall–Kier alpha value is -3.41. The molecule has 0 fully saturated rings. The van der Waals surface area contributed by atoms with Crippen LogP contribution in [0.5, 0.6) is 0 Å². The van der Waals surface area contributed by atoms with Crippen molar-refractivity contribution >= 4 is 11.4 Å². The van der Waals surface area contributed by atoms with Crippen molar-refractivity contribution < 1.29 is 13.6 Å². The molecule has 4 aromatic rings. The van der Waals surface area contributed by atoms with Gasteiger partial charge in [0.1, 0.15) is 11.6 Å². The lowest BCUT2D eigenvalue weighted by molar-refractivity contribution is 0.0962. The van der Waals surface area contributed by atoms with E-state index in [-0.39, 0.29) is 23.3 Å². The van der Waals surface area contributed by atoms with Crippen LogP contribution in [0.1, 0.15) is 39.6 Å². The first-order valence-corrected chi connectivity index (χ1v) is 9.43. The van der Waals surface area contributed by atoms with E-state index in [9.17, 15) is 13.6 Å². The highest BCUT2D eigenvalue weighted by atomic mass is 19.1. The Bertz CT molecular complexity index is 1240. The van der Waals surface area contributed by atoms with E-state index in [0.717, 1.165) is 22.4 Å². The van der Waals surface area contributed by atoms with E-state index in [1.165, 1.54) is 24.3 Å².